The van der Waals surface area contributed by atoms with Crippen molar-refractivity contribution >= 4 is 17.6 Å². The van der Waals surface area contributed by atoms with Crippen molar-refractivity contribution in [3.8, 4) is 5.75 Å². The summed E-state index contributed by atoms with van der Waals surface area (Å²) in [5.41, 5.74) is 3.96. The van der Waals surface area contributed by atoms with Crippen LogP contribution in [-0.2, 0) is 10.2 Å². The predicted molar refractivity (Wildman–Crippen MR) is 75.4 cm³/mol. The van der Waals surface area contributed by atoms with Crippen molar-refractivity contribution in [2.24, 2.45) is 0 Å². The number of aliphatic carboxylic acids is 1. The number of hydrogen-bond acceptors (Lipinski definition) is 2. The van der Waals surface area contributed by atoms with Crippen molar-refractivity contribution in [1.29, 1.82) is 0 Å². The van der Waals surface area contributed by atoms with Gasteiger partial charge in [0.1, 0.15) is 5.75 Å². The highest BCUT2D eigenvalue weighted by Crippen LogP contribution is 2.55. The monoisotopic (exact) mass is 282 g/mol. The second-order valence-electron chi connectivity index (χ2n) is 5.45. The lowest BCUT2D eigenvalue weighted by Crippen LogP contribution is -2.17. The van der Waals surface area contributed by atoms with Crippen LogP contribution >= 0.6 is 11.6 Å². The first-order chi connectivity index (χ1) is 8.84. The number of halogens is 1. The molecule has 1 aromatic rings. The van der Waals surface area contributed by atoms with Gasteiger partial charge in [-0.15, -0.1) is 0 Å². The summed E-state index contributed by atoms with van der Waals surface area (Å²) in [5, 5.41) is 9.72. The third kappa shape index (κ3) is 2.20. The van der Waals surface area contributed by atoms with Crippen molar-refractivity contribution in [3.63, 3.8) is 0 Å². The second-order valence-corrected chi connectivity index (χ2v) is 5.83. The second kappa shape index (κ2) is 4.71. The Hall–Kier alpha value is -1.22. The molecule has 3 nitrogen and oxygen atoms in total. The highest BCUT2D eigenvalue weighted by molar-refractivity contribution is 6.33. The van der Waals surface area contributed by atoms with Crippen LogP contribution < -0.4 is 4.74 Å². The smallest absolute Gasteiger partial charge is 0.304 e. The average molecular weight is 283 g/mol. The molecular weight excluding hydrogens is 264 g/mol. The number of ether oxygens (including phenoxy) is 1. The molecule has 0 unspecified atom stereocenters. The quantitative estimate of drug-likeness (QED) is 0.914. The molecule has 1 fully saturated rings. The molecule has 0 amide bonds. The first-order valence-electron chi connectivity index (χ1n) is 6.39. The van der Waals surface area contributed by atoms with Gasteiger partial charge in [0.25, 0.3) is 0 Å². The SMILES string of the molecule is COc1c(C)c(C)c(C2(CC(=O)O)CC2)c(C)c1Cl. The minimum Gasteiger partial charge on any atom is -0.495 e. The van der Waals surface area contributed by atoms with E-state index < -0.39 is 5.97 Å². The van der Waals surface area contributed by atoms with Crippen LogP contribution in [0.1, 0.15) is 41.5 Å². The van der Waals surface area contributed by atoms with Crippen LogP contribution in [0.5, 0.6) is 5.75 Å². The molecule has 2 rings (SSSR count). The molecule has 0 saturated heterocycles. The summed E-state index contributed by atoms with van der Waals surface area (Å²) in [6.07, 6.45) is 2.02. The lowest BCUT2D eigenvalue weighted by Gasteiger charge is -2.24. The van der Waals surface area contributed by atoms with E-state index in [9.17, 15) is 4.79 Å². The number of benzene rings is 1. The van der Waals surface area contributed by atoms with E-state index in [4.69, 9.17) is 21.4 Å². The molecule has 1 saturated carbocycles. The first-order valence-corrected chi connectivity index (χ1v) is 6.77. The Morgan fingerprint density at radius 1 is 1.26 bits per heavy atom. The summed E-state index contributed by atoms with van der Waals surface area (Å²) in [6, 6.07) is 0. The van der Waals surface area contributed by atoms with E-state index in [1.54, 1.807) is 7.11 Å². The van der Waals surface area contributed by atoms with Crippen LogP contribution in [0.15, 0.2) is 0 Å². The average Bonchev–Trinajstić information content (AvgIpc) is 3.07. The summed E-state index contributed by atoms with van der Waals surface area (Å²) in [4.78, 5) is 11.1. The molecule has 104 valence electrons. The number of carboxylic acid groups (broad SMARTS) is 1. The summed E-state index contributed by atoms with van der Waals surface area (Å²) in [7, 11) is 1.61. The van der Waals surface area contributed by atoms with Crippen molar-refractivity contribution in [2.45, 2.75) is 45.4 Å². The standard InChI is InChI=1S/C15H19ClO3/c1-8-9(2)14(19-4)13(16)10(3)12(8)15(5-6-15)7-11(17)18/h5-7H2,1-4H3,(H,17,18). The van der Waals surface area contributed by atoms with Crippen LogP contribution in [0, 0.1) is 20.8 Å². The molecule has 0 spiro atoms. The Morgan fingerprint density at radius 3 is 2.26 bits per heavy atom. The van der Waals surface area contributed by atoms with Gasteiger partial charge in [0, 0.05) is 5.41 Å². The maximum absolute atomic E-state index is 11.1. The number of hydrogen-bond donors (Lipinski definition) is 1. The minimum atomic E-state index is -0.749. The van der Waals surface area contributed by atoms with E-state index in [0.29, 0.717) is 10.8 Å². The van der Waals surface area contributed by atoms with Crippen LogP contribution in [0.2, 0.25) is 5.02 Å². The highest BCUT2D eigenvalue weighted by Gasteiger charge is 2.48. The summed E-state index contributed by atoms with van der Waals surface area (Å²) >= 11 is 6.37. The van der Waals surface area contributed by atoms with E-state index in [1.807, 2.05) is 20.8 Å². The fourth-order valence-electron chi connectivity index (χ4n) is 3.08. The largest absolute Gasteiger partial charge is 0.495 e. The fourth-order valence-corrected chi connectivity index (χ4v) is 3.39. The van der Waals surface area contributed by atoms with Gasteiger partial charge in [-0.25, -0.2) is 0 Å². The number of carboxylic acids is 1. The van der Waals surface area contributed by atoms with E-state index in [-0.39, 0.29) is 11.8 Å². The molecule has 1 aliphatic carbocycles. The summed E-state index contributed by atoms with van der Waals surface area (Å²) in [6.45, 7) is 5.95. The van der Waals surface area contributed by atoms with Crippen molar-refractivity contribution in [2.75, 3.05) is 7.11 Å². The van der Waals surface area contributed by atoms with Gasteiger partial charge in [0.2, 0.25) is 0 Å². The molecule has 19 heavy (non-hydrogen) atoms. The molecule has 0 atom stereocenters. The maximum Gasteiger partial charge on any atom is 0.304 e. The van der Waals surface area contributed by atoms with Gasteiger partial charge < -0.3 is 9.84 Å². The van der Waals surface area contributed by atoms with Crippen LogP contribution in [0.3, 0.4) is 0 Å². The van der Waals surface area contributed by atoms with Gasteiger partial charge in [-0.2, -0.15) is 0 Å². The Labute approximate surface area is 118 Å². The van der Waals surface area contributed by atoms with E-state index >= 15 is 0 Å². The van der Waals surface area contributed by atoms with Gasteiger partial charge in [-0.1, -0.05) is 11.6 Å². The van der Waals surface area contributed by atoms with Gasteiger partial charge >= 0.3 is 5.97 Å². The Balaban J connectivity index is 2.62. The van der Waals surface area contributed by atoms with Crippen molar-refractivity contribution in [3.05, 3.63) is 27.3 Å². The molecule has 0 heterocycles. The fraction of sp³-hybridized carbons (Fsp3) is 0.533. The summed E-state index contributed by atoms with van der Waals surface area (Å²) in [5.74, 6) is -0.0487. The predicted octanol–water partition coefficient (Wildman–Crippen LogP) is 3.78. The number of rotatable bonds is 4. The van der Waals surface area contributed by atoms with Gasteiger partial charge in [-0.3, -0.25) is 4.79 Å². The van der Waals surface area contributed by atoms with E-state index in [1.165, 1.54) is 0 Å². The van der Waals surface area contributed by atoms with Crippen LogP contribution in [0.25, 0.3) is 0 Å². The topological polar surface area (TPSA) is 46.5 Å². The Morgan fingerprint density at radius 2 is 1.84 bits per heavy atom. The zero-order valence-electron chi connectivity index (χ0n) is 11.8. The maximum atomic E-state index is 11.1. The molecule has 0 bridgehead atoms. The molecular formula is C15H19ClO3. The molecule has 0 aromatic heterocycles. The molecule has 4 heteroatoms. The van der Waals surface area contributed by atoms with Crippen molar-refractivity contribution < 1.29 is 14.6 Å². The summed E-state index contributed by atoms with van der Waals surface area (Å²) < 4.78 is 5.36. The van der Waals surface area contributed by atoms with Crippen LogP contribution in [-0.4, -0.2) is 18.2 Å². The molecule has 1 N–H and O–H groups in total. The lowest BCUT2D eigenvalue weighted by atomic mass is 9.83. The third-order valence-electron chi connectivity index (χ3n) is 4.26. The number of carbonyl (C=O) groups is 1. The Bertz CT molecular complexity index is 516. The van der Waals surface area contributed by atoms with E-state index in [0.717, 1.165) is 35.1 Å². The molecule has 0 aliphatic heterocycles. The molecule has 1 aromatic carbocycles. The number of methoxy groups -OCH3 is 1. The zero-order valence-corrected chi connectivity index (χ0v) is 12.5. The van der Waals surface area contributed by atoms with Crippen molar-refractivity contribution in [1.82, 2.24) is 0 Å². The highest BCUT2D eigenvalue weighted by atomic mass is 35.5. The molecule has 0 radical (unpaired) electrons. The normalized spacial score (nSPS) is 16.3. The van der Waals surface area contributed by atoms with Crippen LogP contribution in [0.4, 0.5) is 0 Å². The molecule has 1 aliphatic rings. The first kappa shape index (κ1) is 14.2. The van der Waals surface area contributed by atoms with Gasteiger partial charge in [0.15, 0.2) is 0 Å². The zero-order chi connectivity index (χ0) is 14.4. The lowest BCUT2D eigenvalue weighted by molar-refractivity contribution is -0.137. The minimum absolute atomic E-state index is 0.177. The third-order valence-corrected chi connectivity index (χ3v) is 4.71. The van der Waals surface area contributed by atoms with Gasteiger partial charge in [0.05, 0.1) is 18.6 Å². The van der Waals surface area contributed by atoms with Gasteiger partial charge in [-0.05, 0) is 55.9 Å². The Kier molecular flexibility index (Phi) is 3.52. The van der Waals surface area contributed by atoms with E-state index in [2.05, 4.69) is 0 Å².